The fraction of sp³-hybridized carbons (Fsp3) is 0.286. The molecule has 1 amide bonds. The van der Waals surface area contributed by atoms with Gasteiger partial charge in [0.25, 0.3) is 5.91 Å². The molecule has 0 aliphatic carbocycles. The number of nitrogens with zero attached hydrogens (tertiary/aromatic N) is 3. The maximum Gasteiger partial charge on any atom is 0.333 e. The van der Waals surface area contributed by atoms with E-state index in [0.717, 1.165) is 16.9 Å². The highest BCUT2D eigenvalue weighted by Crippen LogP contribution is 2.34. The Bertz CT molecular complexity index is 671. The van der Waals surface area contributed by atoms with Crippen LogP contribution in [-0.4, -0.2) is 40.4 Å². The summed E-state index contributed by atoms with van der Waals surface area (Å²) in [5.74, 6) is -0.748. The molecule has 0 radical (unpaired) electrons. The van der Waals surface area contributed by atoms with Gasteiger partial charge in [-0.1, -0.05) is 0 Å². The minimum Gasteiger partial charge on any atom is -0.467 e. The second-order valence-corrected chi connectivity index (χ2v) is 5.56. The molecule has 6 nitrogen and oxygen atoms in total. The third-order valence-corrected chi connectivity index (χ3v) is 4.43. The number of ether oxygens (including phenoxy) is 1. The van der Waals surface area contributed by atoms with Gasteiger partial charge < -0.3 is 9.64 Å². The van der Waals surface area contributed by atoms with E-state index >= 15 is 0 Å². The van der Waals surface area contributed by atoms with Crippen LogP contribution in [0.2, 0.25) is 0 Å². The number of rotatable bonds is 2. The molecule has 2 aromatic heterocycles. The standard InChI is InChI=1S/C14H13N3O3S/c1-20-14(19)12-9-3-7-21-11(9)2-6-17(12)13(18)10-8-15-4-5-16-10/h3-5,7-8,12H,2,6H2,1H3. The fourth-order valence-corrected chi connectivity index (χ4v) is 3.36. The number of fused-ring (bicyclic) bond motifs is 1. The monoisotopic (exact) mass is 303 g/mol. The lowest BCUT2D eigenvalue weighted by atomic mass is 9.99. The van der Waals surface area contributed by atoms with Gasteiger partial charge in [-0.25, -0.2) is 9.78 Å². The number of hydrogen-bond donors (Lipinski definition) is 0. The Labute approximate surface area is 125 Å². The number of thiophene rings is 1. The topological polar surface area (TPSA) is 72.4 Å². The quantitative estimate of drug-likeness (QED) is 0.785. The molecule has 7 heteroatoms. The minimum atomic E-state index is -0.709. The zero-order valence-electron chi connectivity index (χ0n) is 11.4. The second kappa shape index (κ2) is 5.61. The van der Waals surface area contributed by atoms with Gasteiger partial charge >= 0.3 is 5.97 Å². The highest BCUT2D eigenvalue weighted by molar-refractivity contribution is 7.10. The molecule has 0 N–H and O–H groups in total. The average Bonchev–Trinajstić information content (AvgIpc) is 3.01. The molecule has 108 valence electrons. The van der Waals surface area contributed by atoms with Crippen LogP contribution in [0.25, 0.3) is 0 Å². The number of carbonyl (C=O) groups excluding carboxylic acids is 2. The summed E-state index contributed by atoms with van der Waals surface area (Å²) in [6.07, 6.45) is 5.09. The third kappa shape index (κ3) is 2.40. The Hall–Kier alpha value is -2.28. The molecule has 0 fully saturated rings. The van der Waals surface area contributed by atoms with Crippen molar-refractivity contribution in [3.63, 3.8) is 0 Å². The number of aromatic nitrogens is 2. The van der Waals surface area contributed by atoms with Gasteiger partial charge in [-0.05, 0) is 23.4 Å². The molecule has 0 bridgehead atoms. The molecule has 1 aliphatic heterocycles. The number of amides is 1. The first-order chi connectivity index (χ1) is 10.2. The third-order valence-electron chi connectivity index (χ3n) is 3.43. The summed E-state index contributed by atoms with van der Waals surface area (Å²) < 4.78 is 4.87. The zero-order chi connectivity index (χ0) is 14.8. The summed E-state index contributed by atoms with van der Waals surface area (Å²) in [4.78, 5) is 35.2. The smallest absolute Gasteiger partial charge is 0.333 e. The average molecular weight is 303 g/mol. The van der Waals surface area contributed by atoms with Crippen molar-refractivity contribution in [1.29, 1.82) is 0 Å². The molecular weight excluding hydrogens is 290 g/mol. The van der Waals surface area contributed by atoms with Gasteiger partial charge in [-0.15, -0.1) is 11.3 Å². The first kappa shape index (κ1) is 13.7. The molecule has 3 rings (SSSR count). The van der Waals surface area contributed by atoms with Crippen molar-refractivity contribution in [3.05, 3.63) is 46.2 Å². The van der Waals surface area contributed by atoms with Gasteiger partial charge in [0.2, 0.25) is 0 Å². The number of methoxy groups -OCH3 is 1. The van der Waals surface area contributed by atoms with E-state index in [9.17, 15) is 9.59 Å². The van der Waals surface area contributed by atoms with Crippen molar-refractivity contribution in [2.45, 2.75) is 12.5 Å². The normalized spacial score (nSPS) is 17.2. The van der Waals surface area contributed by atoms with Crippen LogP contribution >= 0.6 is 11.3 Å². The number of carbonyl (C=O) groups is 2. The predicted octanol–water partition coefficient (Wildman–Crippen LogP) is 1.45. The zero-order valence-corrected chi connectivity index (χ0v) is 12.2. The molecule has 1 unspecified atom stereocenters. The lowest BCUT2D eigenvalue weighted by Gasteiger charge is -2.33. The van der Waals surface area contributed by atoms with E-state index in [1.165, 1.54) is 30.6 Å². The highest BCUT2D eigenvalue weighted by atomic mass is 32.1. The number of esters is 1. The van der Waals surface area contributed by atoms with Crippen LogP contribution in [0.4, 0.5) is 0 Å². The Morgan fingerprint density at radius 3 is 3.00 bits per heavy atom. The summed E-state index contributed by atoms with van der Waals surface area (Å²) in [7, 11) is 1.33. The van der Waals surface area contributed by atoms with Crippen LogP contribution in [0.15, 0.2) is 30.0 Å². The van der Waals surface area contributed by atoms with Crippen molar-refractivity contribution in [2.24, 2.45) is 0 Å². The van der Waals surface area contributed by atoms with Crippen LogP contribution in [0.5, 0.6) is 0 Å². The largest absolute Gasteiger partial charge is 0.467 e. The summed E-state index contributed by atoms with van der Waals surface area (Å²) in [5.41, 5.74) is 1.07. The predicted molar refractivity (Wildman–Crippen MR) is 75.8 cm³/mol. The maximum atomic E-state index is 12.6. The lowest BCUT2D eigenvalue weighted by molar-refractivity contribution is -0.146. The molecule has 0 spiro atoms. The van der Waals surface area contributed by atoms with Gasteiger partial charge in [0.05, 0.1) is 13.3 Å². The molecule has 21 heavy (non-hydrogen) atoms. The van der Waals surface area contributed by atoms with Crippen LogP contribution in [-0.2, 0) is 16.0 Å². The van der Waals surface area contributed by atoms with Gasteiger partial charge in [0.15, 0.2) is 6.04 Å². The molecule has 0 saturated heterocycles. The maximum absolute atomic E-state index is 12.6. The molecule has 1 aliphatic rings. The molecule has 0 aromatic carbocycles. The molecule has 3 heterocycles. The lowest BCUT2D eigenvalue weighted by Crippen LogP contribution is -2.43. The van der Waals surface area contributed by atoms with Crippen molar-refractivity contribution in [3.8, 4) is 0 Å². The summed E-state index contributed by atoms with van der Waals surface area (Å²) in [6, 6.07) is 1.16. The van der Waals surface area contributed by atoms with Crippen molar-refractivity contribution < 1.29 is 14.3 Å². The van der Waals surface area contributed by atoms with Crippen molar-refractivity contribution in [2.75, 3.05) is 13.7 Å². The van der Waals surface area contributed by atoms with Crippen LogP contribution in [0, 0.1) is 0 Å². The van der Waals surface area contributed by atoms with Crippen LogP contribution in [0.1, 0.15) is 27.0 Å². The Morgan fingerprint density at radius 1 is 1.43 bits per heavy atom. The molecule has 1 atom stereocenters. The van der Waals surface area contributed by atoms with Crippen LogP contribution < -0.4 is 0 Å². The SMILES string of the molecule is COC(=O)C1c2ccsc2CCN1C(=O)c1cnccn1. The van der Waals surface area contributed by atoms with Gasteiger partial charge in [-0.2, -0.15) is 0 Å². The van der Waals surface area contributed by atoms with E-state index < -0.39 is 12.0 Å². The minimum absolute atomic E-state index is 0.227. The van der Waals surface area contributed by atoms with E-state index in [1.807, 2.05) is 11.4 Å². The summed E-state index contributed by atoms with van der Waals surface area (Å²) in [6.45, 7) is 0.461. The van der Waals surface area contributed by atoms with Gasteiger partial charge in [0.1, 0.15) is 5.69 Å². The van der Waals surface area contributed by atoms with Gasteiger partial charge in [0, 0.05) is 23.8 Å². The molecule has 0 saturated carbocycles. The summed E-state index contributed by atoms with van der Waals surface area (Å²) in [5, 5.41) is 1.93. The van der Waals surface area contributed by atoms with Gasteiger partial charge in [-0.3, -0.25) is 9.78 Å². The first-order valence-electron chi connectivity index (χ1n) is 6.43. The summed E-state index contributed by atoms with van der Waals surface area (Å²) >= 11 is 1.59. The van der Waals surface area contributed by atoms with Crippen molar-refractivity contribution in [1.82, 2.24) is 14.9 Å². The van der Waals surface area contributed by atoms with E-state index in [2.05, 4.69) is 9.97 Å². The second-order valence-electron chi connectivity index (χ2n) is 4.56. The molecular formula is C14H13N3O3S. The van der Waals surface area contributed by atoms with Crippen LogP contribution in [0.3, 0.4) is 0 Å². The van der Waals surface area contributed by atoms with E-state index in [0.29, 0.717) is 6.54 Å². The Kier molecular flexibility index (Phi) is 3.66. The van der Waals surface area contributed by atoms with E-state index in [4.69, 9.17) is 4.74 Å². The van der Waals surface area contributed by atoms with Crippen molar-refractivity contribution >= 4 is 23.2 Å². The Morgan fingerprint density at radius 2 is 2.29 bits per heavy atom. The highest BCUT2D eigenvalue weighted by Gasteiger charge is 2.38. The fourth-order valence-electron chi connectivity index (χ4n) is 2.46. The first-order valence-corrected chi connectivity index (χ1v) is 7.31. The van der Waals surface area contributed by atoms with E-state index in [1.54, 1.807) is 11.3 Å². The molecule has 2 aromatic rings. The Balaban J connectivity index is 1.98. The number of hydrogen-bond acceptors (Lipinski definition) is 6. The van der Waals surface area contributed by atoms with E-state index in [-0.39, 0.29) is 11.6 Å².